The van der Waals surface area contributed by atoms with Gasteiger partial charge in [-0.3, -0.25) is 9.59 Å². The van der Waals surface area contributed by atoms with Crippen LogP contribution in [0.5, 0.6) is 0 Å². The molecular weight excluding hydrogens is 1090 g/mol. The molecule has 6 atom stereocenters. The Morgan fingerprint density at radius 1 is 0.518 bits per heavy atom. The third-order valence-electron chi connectivity index (χ3n) is 18.3. The average molecular weight is 1160 g/mol. The van der Waals surface area contributed by atoms with Gasteiger partial charge in [-0.25, -0.2) is 37.1 Å². The zero-order valence-corrected chi connectivity index (χ0v) is 45.3. The van der Waals surface area contributed by atoms with Crippen molar-refractivity contribution < 1.29 is 60.1 Å². The Kier molecular flexibility index (Phi) is 15.1. The van der Waals surface area contributed by atoms with E-state index in [0.717, 1.165) is 49.9 Å². The fraction of sp³-hybridized carbons (Fsp3) is 0.492. The summed E-state index contributed by atoms with van der Waals surface area (Å²) in [6.07, 6.45) is 1.95. The monoisotopic (exact) mass is 1160 g/mol. The molecule has 6 fully saturated rings. The van der Waals surface area contributed by atoms with Crippen LogP contribution in [0.2, 0.25) is 0 Å². The third-order valence-corrected chi connectivity index (χ3v) is 18.3. The topological polar surface area (TPSA) is 206 Å². The molecule has 4 saturated heterocycles. The van der Waals surface area contributed by atoms with Crippen molar-refractivity contribution in [3.63, 3.8) is 0 Å². The average Bonchev–Trinajstić information content (AvgIpc) is 2.95. The molecule has 4 aliphatic heterocycles. The summed E-state index contributed by atoms with van der Waals surface area (Å²) in [5.74, 6) is -3.51. The van der Waals surface area contributed by atoms with E-state index >= 15 is 17.6 Å². The molecule has 4 amide bonds. The van der Waals surface area contributed by atoms with E-state index in [-0.39, 0.29) is 96.2 Å². The molecule has 440 valence electrons. The van der Waals surface area contributed by atoms with Crippen molar-refractivity contribution in [2.45, 2.75) is 132 Å². The Bertz CT molecular complexity index is 3270. The van der Waals surface area contributed by atoms with E-state index in [1.807, 2.05) is 4.90 Å². The molecule has 6 aromatic rings. The molecule has 12 rings (SSSR count). The van der Waals surface area contributed by atoms with Crippen molar-refractivity contribution in [3.8, 4) is 0 Å². The first-order valence-electron chi connectivity index (χ1n) is 28.8. The number of carbonyl (C=O) groups is 4. The molecule has 0 radical (unpaired) electrons. The second-order valence-corrected chi connectivity index (χ2v) is 23.1. The van der Waals surface area contributed by atoms with E-state index < -0.39 is 83.4 Å². The highest BCUT2D eigenvalue weighted by atomic mass is 19.4. The number of aromatic amines is 2. The number of alkyl halides is 3. The number of piperazine rings is 1. The maximum Gasteiger partial charge on any atom is 0.416 e. The zero-order chi connectivity index (χ0) is 58.0. The molecule has 2 aliphatic carbocycles. The number of halogens is 7. The Labute approximate surface area is 472 Å². The molecule has 6 N–H and O–H groups in total. The highest BCUT2D eigenvalue weighted by Gasteiger charge is 2.44. The molecule has 24 heteroatoms. The van der Waals surface area contributed by atoms with Gasteiger partial charge in [0.2, 0.25) is 11.8 Å². The molecule has 2 saturated carbocycles. The predicted molar refractivity (Wildman–Crippen MR) is 293 cm³/mol. The van der Waals surface area contributed by atoms with E-state index in [1.54, 1.807) is 26.8 Å². The normalized spacial score (nSPS) is 22.6. The highest BCUT2D eigenvalue weighted by Crippen LogP contribution is 2.50. The third kappa shape index (κ3) is 10.8. The van der Waals surface area contributed by atoms with Crippen molar-refractivity contribution in [2.75, 3.05) is 54.0 Å². The Hall–Kier alpha value is -7.79. The van der Waals surface area contributed by atoms with E-state index in [2.05, 4.69) is 20.6 Å². The van der Waals surface area contributed by atoms with Crippen molar-refractivity contribution >= 4 is 63.1 Å². The number of carboxylic acid groups (broad SMARTS) is 2. The van der Waals surface area contributed by atoms with Crippen molar-refractivity contribution in [1.29, 1.82) is 0 Å². The standard InChI is InChI=1S/C59H64F7N11O6/c60-38-29-44-42(67-53(69-44)48-11-5-19-75(48)55(78)50(71-57(80)81)31-7-1-2-8-31)27-36(38)46-17-18-47(77(46)35-25-40(62)52(41(63)26-35)74-23-21-73(22-24-74)34-15-13-33(14-16-34)59(64,65)66)37-28-43-45(30-39(37)61)70-54(68-43)49-12-6-20-76(49)56(79)51(72-58(82)83)32-9-3-4-10-32/h13-16,25-32,46-51,71-72H,1-12,17-24H2,(H,67,69)(H,68,70)(H,80,81)(H,82,83)/t46-,47-,48+,49+,50+,51+/m1/s1. The summed E-state index contributed by atoms with van der Waals surface area (Å²) in [5.41, 5.74) is 0.943. The fourth-order valence-corrected chi connectivity index (χ4v) is 14.4. The van der Waals surface area contributed by atoms with Gasteiger partial charge >= 0.3 is 18.4 Å². The van der Waals surface area contributed by atoms with Gasteiger partial charge in [-0.1, -0.05) is 25.7 Å². The number of benzene rings is 4. The second kappa shape index (κ2) is 22.4. The van der Waals surface area contributed by atoms with Gasteiger partial charge in [0.15, 0.2) is 11.6 Å². The Balaban J connectivity index is 0.869. The number of fused-ring (bicyclic) bond motifs is 2. The van der Waals surface area contributed by atoms with Crippen LogP contribution in [0.1, 0.15) is 142 Å². The van der Waals surface area contributed by atoms with Crippen molar-refractivity contribution in [1.82, 2.24) is 40.4 Å². The van der Waals surface area contributed by atoms with Crippen molar-refractivity contribution in [3.05, 3.63) is 112 Å². The minimum Gasteiger partial charge on any atom is -0.465 e. The molecule has 0 spiro atoms. The molecule has 0 unspecified atom stereocenters. The number of hydrogen-bond donors (Lipinski definition) is 6. The van der Waals surface area contributed by atoms with Gasteiger partial charge in [0.1, 0.15) is 41.1 Å². The van der Waals surface area contributed by atoms with Crippen LogP contribution in [0.3, 0.4) is 0 Å². The quantitative estimate of drug-likeness (QED) is 0.0600. The van der Waals surface area contributed by atoms with E-state index in [1.165, 1.54) is 29.2 Å². The molecule has 0 bridgehead atoms. The zero-order valence-electron chi connectivity index (χ0n) is 45.3. The number of aromatic nitrogens is 4. The van der Waals surface area contributed by atoms with E-state index in [4.69, 9.17) is 9.97 Å². The maximum absolute atomic E-state index is 17.0. The molecule has 6 heterocycles. The van der Waals surface area contributed by atoms with Crippen LogP contribution in [-0.4, -0.2) is 115 Å². The Morgan fingerprint density at radius 3 is 1.37 bits per heavy atom. The predicted octanol–water partition coefficient (Wildman–Crippen LogP) is 11.4. The lowest BCUT2D eigenvalue weighted by Crippen LogP contribution is -2.51. The number of rotatable bonds is 13. The van der Waals surface area contributed by atoms with Crippen molar-refractivity contribution in [2.24, 2.45) is 11.8 Å². The number of carbonyl (C=O) groups excluding carboxylic acids is 2. The Morgan fingerprint density at radius 2 is 0.952 bits per heavy atom. The lowest BCUT2D eigenvalue weighted by Gasteiger charge is -2.38. The van der Waals surface area contributed by atoms with Crippen LogP contribution in [0.25, 0.3) is 22.1 Å². The van der Waals surface area contributed by atoms with E-state index in [9.17, 15) is 42.6 Å². The summed E-state index contributed by atoms with van der Waals surface area (Å²) in [6, 6.07) is 7.77. The second-order valence-electron chi connectivity index (χ2n) is 23.1. The molecule has 4 aromatic carbocycles. The summed E-state index contributed by atoms with van der Waals surface area (Å²) in [5, 5.41) is 24.4. The smallest absolute Gasteiger partial charge is 0.416 e. The van der Waals surface area contributed by atoms with Gasteiger partial charge < -0.3 is 55.3 Å². The first-order chi connectivity index (χ1) is 39.9. The largest absolute Gasteiger partial charge is 0.465 e. The highest BCUT2D eigenvalue weighted by molar-refractivity contribution is 5.87. The minimum atomic E-state index is -4.51. The molecule has 83 heavy (non-hydrogen) atoms. The van der Waals surface area contributed by atoms with Gasteiger partial charge in [-0.15, -0.1) is 0 Å². The number of anilines is 3. The van der Waals surface area contributed by atoms with Crippen LogP contribution in [-0.2, 0) is 15.8 Å². The first kappa shape index (κ1) is 55.7. The lowest BCUT2D eigenvalue weighted by molar-refractivity contribution is -0.138. The minimum absolute atomic E-state index is 0.00646. The lowest BCUT2D eigenvalue weighted by atomic mass is 9.96. The number of likely N-dealkylation sites (tertiary alicyclic amines) is 2. The first-order valence-corrected chi connectivity index (χ1v) is 28.8. The van der Waals surface area contributed by atoms with Gasteiger partial charge in [0.05, 0.1) is 51.8 Å². The number of nitrogens with one attached hydrogen (secondary N) is 4. The summed E-state index contributed by atoms with van der Waals surface area (Å²) >= 11 is 0. The summed E-state index contributed by atoms with van der Waals surface area (Å²) in [4.78, 5) is 76.5. The number of nitrogens with zero attached hydrogens (tertiary/aromatic N) is 7. The molecule has 2 aromatic heterocycles. The summed E-state index contributed by atoms with van der Waals surface area (Å²) in [7, 11) is 0. The number of amides is 4. The van der Waals surface area contributed by atoms with Crippen LogP contribution in [0.4, 0.5) is 57.4 Å². The van der Waals surface area contributed by atoms with Crippen LogP contribution >= 0.6 is 0 Å². The van der Waals surface area contributed by atoms with Gasteiger partial charge in [0.25, 0.3) is 0 Å². The SMILES string of the molecule is O=C(O)N[C@H](C(=O)N1CCC[C@H]1c1nc2cc(F)c([C@H]3CC[C@H](c4cc5[nH]c([C@@H]6CCCN6C(=O)[C@@H](NC(=O)O)C6CCCC6)nc5cc4F)N3c3cc(F)c(N4CCN(c5ccc(C(F)(F)F)cc5)CC4)c(F)c3)cc2[nH]1)C1CCCC1. The van der Waals surface area contributed by atoms with Gasteiger partial charge in [-0.05, 0) is 125 Å². The summed E-state index contributed by atoms with van der Waals surface area (Å²) < 4.78 is 108. The van der Waals surface area contributed by atoms with Crippen LogP contribution < -0.4 is 25.3 Å². The summed E-state index contributed by atoms with van der Waals surface area (Å²) in [6.45, 7) is 1.46. The van der Waals surface area contributed by atoms with Gasteiger partial charge in [0, 0.05) is 73.9 Å². The van der Waals surface area contributed by atoms with Crippen LogP contribution in [0.15, 0.2) is 60.7 Å². The fourth-order valence-electron chi connectivity index (χ4n) is 14.4. The maximum atomic E-state index is 17.0. The molecular formula is C59H64F7N11O6. The van der Waals surface area contributed by atoms with E-state index in [0.29, 0.717) is 92.8 Å². The van der Waals surface area contributed by atoms with Gasteiger partial charge in [-0.2, -0.15) is 13.2 Å². The van der Waals surface area contributed by atoms with Crippen LogP contribution in [0, 0.1) is 35.1 Å². The number of hydrogen-bond acceptors (Lipinski definition) is 9. The number of imidazole rings is 2. The number of H-pyrrole nitrogens is 2. The molecule has 17 nitrogen and oxygen atoms in total. The molecule has 6 aliphatic rings.